The van der Waals surface area contributed by atoms with Crippen molar-refractivity contribution >= 4 is 11.7 Å². The fourth-order valence-corrected chi connectivity index (χ4v) is 3.18. The first-order valence-corrected chi connectivity index (χ1v) is 8.98. The number of β-amino-alcohol motifs (C(OH)–C–C–N with tert-alkyl or cyclic N) is 1. The summed E-state index contributed by atoms with van der Waals surface area (Å²) in [5, 5.41) is 12.0. The second-order valence-corrected chi connectivity index (χ2v) is 6.35. The fourth-order valence-electron chi connectivity index (χ4n) is 3.18. The van der Waals surface area contributed by atoms with Crippen molar-refractivity contribution in [3.63, 3.8) is 0 Å². The van der Waals surface area contributed by atoms with Gasteiger partial charge in [-0.2, -0.15) is 0 Å². The highest BCUT2D eigenvalue weighted by molar-refractivity contribution is 5.98. The molecule has 8 heteroatoms. The molecule has 3 heterocycles. The van der Waals surface area contributed by atoms with Crippen LogP contribution in [0.5, 0.6) is 0 Å². The molecule has 140 valence electrons. The molecule has 1 saturated heterocycles. The van der Waals surface area contributed by atoms with Crippen molar-refractivity contribution < 1.29 is 9.90 Å². The average Bonchev–Trinajstić information content (AvgIpc) is 3.07. The quantitative estimate of drug-likeness (QED) is 0.732. The number of rotatable bonds is 7. The predicted octanol–water partition coefficient (Wildman–Crippen LogP) is 0.131. The highest BCUT2D eigenvalue weighted by Gasteiger charge is 2.22. The molecule has 0 radical (unpaired) electrons. The lowest BCUT2D eigenvalue weighted by Crippen LogP contribution is -2.48. The van der Waals surface area contributed by atoms with Crippen LogP contribution in [0.2, 0.25) is 0 Å². The zero-order valence-electron chi connectivity index (χ0n) is 15.1. The molecule has 0 aliphatic carbocycles. The molecule has 0 bridgehead atoms. The Morgan fingerprint density at radius 2 is 2.00 bits per heavy atom. The Balaban J connectivity index is 1.59. The van der Waals surface area contributed by atoms with Gasteiger partial charge in [-0.15, -0.1) is 0 Å². The summed E-state index contributed by atoms with van der Waals surface area (Å²) in [6.07, 6.45) is 5.39. The number of piperazine rings is 1. The number of anilines is 1. The summed E-state index contributed by atoms with van der Waals surface area (Å²) in [5.41, 5.74) is 0.602. The van der Waals surface area contributed by atoms with E-state index in [-0.39, 0.29) is 12.5 Å². The highest BCUT2D eigenvalue weighted by atomic mass is 16.3. The lowest BCUT2D eigenvalue weighted by molar-refractivity contribution is 0.0952. The number of aromatic nitrogens is 3. The van der Waals surface area contributed by atoms with E-state index in [1.165, 1.54) is 0 Å². The number of aliphatic hydroxyl groups excluding tert-OH is 1. The summed E-state index contributed by atoms with van der Waals surface area (Å²) in [6, 6.07) is 3.61. The Labute approximate surface area is 153 Å². The molecule has 1 aliphatic rings. The topological polar surface area (TPSA) is 86.5 Å². The van der Waals surface area contributed by atoms with Crippen LogP contribution < -0.4 is 10.2 Å². The van der Waals surface area contributed by atoms with Crippen LogP contribution in [0.3, 0.4) is 0 Å². The van der Waals surface area contributed by atoms with Crippen molar-refractivity contribution in [1.29, 1.82) is 0 Å². The Kier molecular flexibility index (Phi) is 6.19. The van der Waals surface area contributed by atoms with Crippen molar-refractivity contribution in [2.24, 2.45) is 0 Å². The summed E-state index contributed by atoms with van der Waals surface area (Å²) in [5.74, 6) is 1.55. The van der Waals surface area contributed by atoms with Gasteiger partial charge in [0.15, 0.2) is 0 Å². The minimum Gasteiger partial charge on any atom is -0.395 e. The Bertz CT molecular complexity index is 724. The smallest absolute Gasteiger partial charge is 0.255 e. The lowest BCUT2D eigenvalue weighted by atomic mass is 10.2. The van der Waals surface area contributed by atoms with Gasteiger partial charge in [0.05, 0.1) is 12.2 Å². The van der Waals surface area contributed by atoms with Gasteiger partial charge in [-0.05, 0) is 19.1 Å². The van der Waals surface area contributed by atoms with Crippen molar-refractivity contribution in [3.8, 4) is 0 Å². The van der Waals surface area contributed by atoms with E-state index in [0.717, 1.165) is 37.8 Å². The molecule has 1 amide bonds. The maximum absolute atomic E-state index is 12.6. The van der Waals surface area contributed by atoms with Gasteiger partial charge < -0.3 is 19.9 Å². The monoisotopic (exact) mass is 358 g/mol. The van der Waals surface area contributed by atoms with Crippen LogP contribution in [0.4, 0.5) is 5.82 Å². The van der Waals surface area contributed by atoms with Gasteiger partial charge >= 0.3 is 0 Å². The van der Waals surface area contributed by atoms with Gasteiger partial charge in [0, 0.05) is 64.4 Å². The van der Waals surface area contributed by atoms with Gasteiger partial charge in [-0.25, -0.2) is 9.97 Å². The van der Waals surface area contributed by atoms with Gasteiger partial charge in [0.25, 0.3) is 5.91 Å². The first kappa shape index (κ1) is 18.3. The van der Waals surface area contributed by atoms with Gasteiger partial charge in [-0.1, -0.05) is 0 Å². The molecule has 1 aliphatic heterocycles. The third kappa shape index (κ3) is 4.39. The molecule has 1 fully saturated rings. The number of carbonyl (C=O) groups is 1. The highest BCUT2D eigenvalue weighted by Crippen LogP contribution is 2.19. The molecule has 0 saturated carbocycles. The second kappa shape index (κ2) is 8.77. The molecule has 2 aromatic heterocycles. The van der Waals surface area contributed by atoms with E-state index in [9.17, 15) is 4.79 Å². The standard InChI is InChI=1S/C18H26N6O2/c1-15-19-5-7-23(15)8-6-21-18(26)16-3-2-4-20-17(16)24-11-9-22(10-12-24)13-14-25/h2-5,7,25H,6,8-14H2,1H3,(H,21,26). The van der Waals surface area contributed by atoms with Crippen molar-refractivity contribution in [3.05, 3.63) is 42.1 Å². The summed E-state index contributed by atoms with van der Waals surface area (Å²) >= 11 is 0. The molecule has 2 N–H and O–H groups in total. The minimum atomic E-state index is -0.108. The molecule has 0 atom stereocenters. The number of nitrogens with one attached hydrogen (secondary N) is 1. The molecule has 2 aromatic rings. The zero-order valence-corrected chi connectivity index (χ0v) is 15.1. The van der Waals surface area contributed by atoms with E-state index in [2.05, 4.69) is 25.1 Å². The number of hydrogen-bond donors (Lipinski definition) is 2. The van der Waals surface area contributed by atoms with E-state index in [0.29, 0.717) is 25.2 Å². The Morgan fingerprint density at radius 1 is 1.19 bits per heavy atom. The number of hydrogen-bond acceptors (Lipinski definition) is 6. The number of imidazole rings is 1. The summed E-state index contributed by atoms with van der Waals surface area (Å²) in [6.45, 7) is 7.34. The normalized spacial score (nSPS) is 15.2. The minimum absolute atomic E-state index is 0.108. The fraction of sp³-hybridized carbons (Fsp3) is 0.500. The maximum atomic E-state index is 12.6. The van der Waals surface area contributed by atoms with Crippen LogP contribution >= 0.6 is 0 Å². The second-order valence-electron chi connectivity index (χ2n) is 6.35. The number of pyridine rings is 1. The van der Waals surface area contributed by atoms with Crippen LogP contribution in [0.25, 0.3) is 0 Å². The largest absolute Gasteiger partial charge is 0.395 e. The van der Waals surface area contributed by atoms with Crippen LogP contribution in [-0.2, 0) is 6.54 Å². The first-order chi connectivity index (χ1) is 12.7. The number of carbonyl (C=O) groups excluding carboxylic acids is 1. The summed E-state index contributed by atoms with van der Waals surface area (Å²) in [4.78, 5) is 25.6. The van der Waals surface area contributed by atoms with E-state index in [1.807, 2.05) is 23.8 Å². The SMILES string of the molecule is Cc1nccn1CCNC(=O)c1cccnc1N1CCN(CCO)CC1. The molecule has 3 rings (SSSR count). The summed E-state index contributed by atoms with van der Waals surface area (Å²) < 4.78 is 2.00. The van der Waals surface area contributed by atoms with E-state index in [1.54, 1.807) is 18.5 Å². The predicted molar refractivity (Wildman–Crippen MR) is 99.3 cm³/mol. The molecular formula is C18H26N6O2. The van der Waals surface area contributed by atoms with E-state index < -0.39 is 0 Å². The van der Waals surface area contributed by atoms with Gasteiger partial charge in [-0.3, -0.25) is 9.69 Å². The van der Waals surface area contributed by atoms with Crippen LogP contribution in [0.15, 0.2) is 30.7 Å². The third-order valence-electron chi connectivity index (χ3n) is 4.68. The molecular weight excluding hydrogens is 332 g/mol. The van der Waals surface area contributed by atoms with Crippen molar-refractivity contribution in [2.75, 3.05) is 50.8 Å². The molecule has 8 nitrogen and oxygen atoms in total. The molecule has 0 spiro atoms. The first-order valence-electron chi connectivity index (χ1n) is 8.98. The Hall–Kier alpha value is -2.45. The van der Waals surface area contributed by atoms with Crippen LogP contribution in [0, 0.1) is 6.92 Å². The average molecular weight is 358 g/mol. The molecule has 26 heavy (non-hydrogen) atoms. The Morgan fingerprint density at radius 3 is 2.69 bits per heavy atom. The van der Waals surface area contributed by atoms with E-state index in [4.69, 9.17) is 5.11 Å². The molecule has 0 aromatic carbocycles. The number of amides is 1. The van der Waals surface area contributed by atoms with Gasteiger partial charge in [0.1, 0.15) is 11.6 Å². The molecule has 0 unspecified atom stereocenters. The van der Waals surface area contributed by atoms with E-state index >= 15 is 0 Å². The van der Waals surface area contributed by atoms with Gasteiger partial charge in [0.2, 0.25) is 0 Å². The number of aliphatic hydroxyl groups is 1. The number of nitrogens with zero attached hydrogens (tertiary/aromatic N) is 5. The maximum Gasteiger partial charge on any atom is 0.255 e. The van der Waals surface area contributed by atoms with Crippen molar-refractivity contribution in [1.82, 2.24) is 24.8 Å². The van der Waals surface area contributed by atoms with Crippen molar-refractivity contribution in [2.45, 2.75) is 13.5 Å². The number of aryl methyl sites for hydroxylation is 1. The lowest BCUT2D eigenvalue weighted by Gasteiger charge is -2.35. The zero-order chi connectivity index (χ0) is 18.4. The third-order valence-corrected chi connectivity index (χ3v) is 4.68. The van der Waals surface area contributed by atoms with Crippen LogP contribution in [0.1, 0.15) is 16.2 Å². The van der Waals surface area contributed by atoms with Crippen LogP contribution in [-0.4, -0.2) is 76.3 Å². The summed E-state index contributed by atoms with van der Waals surface area (Å²) in [7, 11) is 0.